The number of halogens is 1. The van der Waals surface area contributed by atoms with Gasteiger partial charge in [0.25, 0.3) is 0 Å². The molecule has 1 N–H and O–H groups in total. The second kappa shape index (κ2) is 6.72. The average molecular weight is 339 g/mol. The van der Waals surface area contributed by atoms with Crippen molar-refractivity contribution in [3.05, 3.63) is 22.9 Å². The summed E-state index contributed by atoms with van der Waals surface area (Å²) in [6.07, 6.45) is 5.70. The molecule has 0 aromatic carbocycles. The minimum atomic E-state index is -3.46. The second-order valence-corrected chi connectivity index (χ2v) is 7.26. The molecule has 7 heteroatoms. The van der Waals surface area contributed by atoms with Crippen molar-refractivity contribution in [2.24, 2.45) is 0 Å². The third-order valence-electron chi connectivity index (χ3n) is 2.10. The molecule has 1 aromatic rings. The zero-order chi connectivity index (χ0) is 12.9. The highest BCUT2D eigenvalue weighted by Crippen LogP contribution is 2.15. The van der Waals surface area contributed by atoms with Crippen LogP contribution in [-0.2, 0) is 10.0 Å². The van der Waals surface area contributed by atoms with Crippen LogP contribution in [0.15, 0.2) is 27.8 Å². The van der Waals surface area contributed by atoms with Gasteiger partial charge in [-0.3, -0.25) is 4.98 Å². The highest BCUT2D eigenvalue weighted by Gasteiger charge is 2.17. The fraction of sp³-hybridized carbons (Fsp3) is 0.500. The average Bonchev–Trinajstić information content (AvgIpc) is 2.26. The molecule has 0 aliphatic carbocycles. The van der Waals surface area contributed by atoms with E-state index in [0.717, 1.165) is 12.2 Å². The predicted octanol–water partition coefficient (Wildman–Crippen LogP) is 2.26. The van der Waals surface area contributed by atoms with E-state index in [1.807, 2.05) is 13.2 Å². The fourth-order valence-corrected chi connectivity index (χ4v) is 3.60. The highest BCUT2D eigenvalue weighted by molar-refractivity contribution is 9.10. The first-order chi connectivity index (χ1) is 7.95. The van der Waals surface area contributed by atoms with Gasteiger partial charge in [-0.2, -0.15) is 11.8 Å². The lowest BCUT2D eigenvalue weighted by atomic mass is 10.3. The molecule has 1 unspecified atom stereocenters. The van der Waals surface area contributed by atoms with Crippen LogP contribution in [0.2, 0.25) is 0 Å². The lowest BCUT2D eigenvalue weighted by Gasteiger charge is -2.13. The Kier molecular flexibility index (Phi) is 5.91. The lowest BCUT2D eigenvalue weighted by Crippen LogP contribution is -2.33. The molecule has 0 bridgehead atoms. The van der Waals surface area contributed by atoms with Gasteiger partial charge in [0.2, 0.25) is 10.0 Å². The van der Waals surface area contributed by atoms with Crippen LogP contribution in [0.25, 0.3) is 0 Å². The van der Waals surface area contributed by atoms with Crippen LogP contribution in [-0.4, -0.2) is 31.5 Å². The number of hydrogen-bond acceptors (Lipinski definition) is 4. The van der Waals surface area contributed by atoms with Crippen molar-refractivity contribution in [1.29, 1.82) is 0 Å². The molecule has 1 rings (SSSR count). The Morgan fingerprint density at radius 3 is 2.82 bits per heavy atom. The summed E-state index contributed by atoms with van der Waals surface area (Å²) in [4.78, 5) is 4.03. The Hall–Kier alpha value is -0.110. The summed E-state index contributed by atoms with van der Waals surface area (Å²) >= 11 is 4.90. The summed E-state index contributed by atoms with van der Waals surface area (Å²) in [5, 5.41) is 0. The van der Waals surface area contributed by atoms with E-state index in [2.05, 4.69) is 25.6 Å². The van der Waals surface area contributed by atoms with Gasteiger partial charge in [0.15, 0.2) is 0 Å². The second-order valence-electron chi connectivity index (χ2n) is 3.64. The minimum absolute atomic E-state index is 0.0774. The van der Waals surface area contributed by atoms with Crippen LogP contribution in [0.5, 0.6) is 0 Å². The van der Waals surface area contributed by atoms with E-state index in [1.54, 1.807) is 18.0 Å². The number of nitrogens with zero attached hydrogens (tertiary/aromatic N) is 1. The summed E-state index contributed by atoms with van der Waals surface area (Å²) in [6, 6.07) is 1.46. The van der Waals surface area contributed by atoms with Crippen LogP contribution in [0.3, 0.4) is 0 Å². The molecule has 0 saturated carbocycles. The largest absolute Gasteiger partial charge is 0.262 e. The first-order valence-electron chi connectivity index (χ1n) is 5.07. The van der Waals surface area contributed by atoms with Gasteiger partial charge in [0.05, 0.1) is 0 Å². The summed E-state index contributed by atoms with van der Waals surface area (Å²) in [5.41, 5.74) is 0. The molecule has 0 spiro atoms. The normalized spacial score (nSPS) is 13.6. The van der Waals surface area contributed by atoms with Crippen molar-refractivity contribution in [2.75, 3.05) is 12.0 Å². The molecule has 4 nitrogen and oxygen atoms in total. The highest BCUT2D eigenvalue weighted by atomic mass is 79.9. The molecule has 1 aromatic heterocycles. The molecule has 0 saturated heterocycles. The minimum Gasteiger partial charge on any atom is -0.262 e. The SMILES string of the molecule is CSCCC(C)NS(=O)(=O)c1cncc(Br)c1. The zero-order valence-corrected chi connectivity index (χ0v) is 12.9. The molecule has 0 aliphatic heterocycles. The van der Waals surface area contributed by atoms with E-state index in [-0.39, 0.29) is 10.9 Å². The molecule has 1 heterocycles. The molecule has 1 atom stereocenters. The van der Waals surface area contributed by atoms with Gasteiger partial charge in [0, 0.05) is 22.9 Å². The summed E-state index contributed by atoms with van der Waals surface area (Å²) in [7, 11) is -3.46. The van der Waals surface area contributed by atoms with Crippen molar-refractivity contribution in [2.45, 2.75) is 24.3 Å². The number of aromatic nitrogens is 1. The number of pyridine rings is 1. The van der Waals surface area contributed by atoms with Crippen LogP contribution in [0.1, 0.15) is 13.3 Å². The maximum absolute atomic E-state index is 12.0. The Labute approximate surface area is 115 Å². The molecule has 96 valence electrons. The molecular formula is C10H15BrN2O2S2. The van der Waals surface area contributed by atoms with Gasteiger partial charge in [-0.25, -0.2) is 13.1 Å². The first-order valence-corrected chi connectivity index (χ1v) is 8.74. The van der Waals surface area contributed by atoms with Crippen LogP contribution >= 0.6 is 27.7 Å². The van der Waals surface area contributed by atoms with Gasteiger partial charge >= 0.3 is 0 Å². The Morgan fingerprint density at radius 2 is 2.24 bits per heavy atom. The Balaban J connectivity index is 2.75. The van der Waals surface area contributed by atoms with Crippen molar-refractivity contribution in [3.63, 3.8) is 0 Å². The van der Waals surface area contributed by atoms with E-state index in [0.29, 0.717) is 4.47 Å². The molecule has 0 aliphatic rings. The zero-order valence-electron chi connectivity index (χ0n) is 9.68. The number of sulfonamides is 1. The van der Waals surface area contributed by atoms with E-state index in [4.69, 9.17) is 0 Å². The van der Waals surface area contributed by atoms with Gasteiger partial charge < -0.3 is 0 Å². The molecule has 0 radical (unpaired) electrons. The lowest BCUT2D eigenvalue weighted by molar-refractivity contribution is 0.556. The smallest absolute Gasteiger partial charge is 0.242 e. The molecule has 0 fully saturated rings. The van der Waals surface area contributed by atoms with E-state index < -0.39 is 10.0 Å². The summed E-state index contributed by atoms with van der Waals surface area (Å²) in [6.45, 7) is 1.86. The standard InChI is InChI=1S/C10H15BrN2O2S2/c1-8(3-4-16-2)13-17(14,15)10-5-9(11)6-12-7-10/h5-8,13H,3-4H2,1-2H3. The van der Waals surface area contributed by atoms with Crippen molar-refractivity contribution < 1.29 is 8.42 Å². The van der Waals surface area contributed by atoms with Crippen molar-refractivity contribution in [1.82, 2.24) is 9.71 Å². The fourth-order valence-electron chi connectivity index (χ4n) is 1.23. The Morgan fingerprint density at radius 1 is 1.53 bits per heavy atom. The quantitative estimate of drug-likeness (QED) is 0.864. The number of thioether (sulfide) groups is 1. The molecule has 17 heavy (non-hydrogen) atoms. The maximum atomic E-state index is 12.0. The maximum Gasteiger partial charge on any atom is 0.242 e. The molecular weight excluding hydrogens is 324 g/mol. The van der Waals surface area contributed by atoms with Gasteiger partial charge in [-0.15, -0.1) is 0 Å². The first kappa shape index (κ1) is 14.9. The van der Waals surface area contributed by atoms with E-state index in [9.17, 15) is 8.42 Å². The third-order valence-corrected chi connectivity index (χ3v) is 4.74. The predicted molar refractivity (Wildman–Crippen MR) is 74.7 cm³/mol. The number of nitrogens with one attached hydrogen (secondary N) is 1. The van der Waals surface area contributed by atoms with E-state index in [1.165, 1.54) is 12.3 Å². The third kappa shape index (κ3) is 4.95. The van der Waals surface area contributed by atoms with Crippen LogP contribution in [0.4, 0.5) is 0 Å². The number of hydrogen-bond donors (Lipinski definition) is 1. The van der Waals surface area contributed by atoms with Gasteiger partial charge in [0.1, 0.15) is 4.90 Å². The van der Waals surface area contributed by atoms with Gasteiger partial charge in [-0.1, -0.05) is 0 Å². The van der Waals surface area contributed by atoms with Crippen molar-refractivity contribution in [3.8, 4) is 0 Å². The monoisotopic (exact) mass is 338 g/mol. The summed E-state index contributed by atoms with van der Waals surface area (Å²) < 4.78 is 27.2. The summed E-state index contributed by atoms with van der Waals surface area (Å²) in [5.74, 6) is 0.931. The van der Waals surface area contributed by atoms with Crippen LogP contribution in [0, 0.1) is 0 Å². The van der Waals surface area contributed by atoms with Gasteiger partial charge in [-0.05, 0) is 47.3 Å². The topological polar surface area (TPSA) is 59.1 Å². The number of rotatable bonds is 6. The molecule has 0 amide bonds. The Bertz CT molecular complexity index is 465. The van der Waals surface area contributed by atoms with Crippen LogP contribution < -0.4 is 4.72 Å². The van der Waals surface area contributed by atoms with Crippen molar-refractivity contribution >= 4 is 37.7 Å². The van der Waals surface area contributed by atoms with E-state index >= 15 is 0 Å².